The van der Waals surface area contributed by atoms with E-state index in [0.29, 0.717) is 24.5 Å². The number of hydrogen-bond acceptors (Lipinski definition) is 9. The van der Waals surface area contributed by atoms with Gasteiger partial charge in [-0.2, -0.15) is 0 Å². The van der Waals surface area contributed by atoms with E-state index < -0.39 is 10.7 Å². The summed E-state index contributed by atoms with van der Waals surface area (Å²) < 4.78 is 4.71. The normalized spacial score (nSPS) is 10.7. The fraction of sp³-hybridized carbons (Fsp3) is 0.333. The Balaban J connectivity index is 2.34. The number of azo groups is 1. The first-order valence-corrected chi connectivity index (χ1v) is 9.87. The van der Waals surface area contributed by atoms with Gasteiger partial charge in [0.1, 0.15) is 17.1 Å². The topological polar surface area (TPSA) is 147 Å². The maximum absolute atomic E-state index is 11.7. The van der Waals surface area contributed by atoms with Gasteiger partial charge in [-0.1, -0.05) is 6.92 Å². The number of anilines is 2. The molecule has 0 spiro atoms. The van der Waals surface area contributed by atoms with E-state index in [1.165, 1.54) is 26.2 Å². The van der Waals surface area contributed by atoms with Gasteiger partial charge in [0.15, 0.2) is 0 Å². The molecule has 170 valence electrons. The lowest BCUT2D eigenvalue weighted by atomic mass is 10.2. The summed E-state index contributed by atoms with van der Waals surface area (Å²) in [6, 6.07) is 8.61. The highest BCUT2D eigenvalue weighted by Crippen LogP contribution is 2.35. The molecule has 11 nitrogen and oxygen atoms in total. The smallest absolute Gasteiger partial charge is 0.307 e. The second-order valence-electron chi connectivity index (χ2n) is 6.83. The molecule has 0 aliphatic rings. The van der Waals surface area contributed by atoms with E-state index in [4.69, 9.17) is 4.74 Å². The lowest BCUT2D eigenvalue weighted by molar-refractivity contribution is -0.384. The van der Waals surface area contributed by atoms with Gasteiger partial charge in [0, 0.05) is 31.8 Å². The van der Waals surface area contributed by atoms with Gasteiger partial charge >= 0.3 is 5.97 Å². The zero-order valence-electron chi connectivity index (χ0n) is 18.1. The number of carbonyl (C=O) groups excluding carboxylic acids is 2. The molecule has 0 unspecified atom stereocenters. The van der Waals surface area contributed by atoms with Crippen LogP contribution in [0.3, 0.4) is 0 Å². The largest absolute Gasteiger partial charge is 0.505 e. The molecule has 0 aromatic heterocycles. The molecule has 0 radical (unpaired) electrons. The second-order valence-corrected chi connectivity index (χ2v) is 6.83. The number of rotatable bonds is 10. The molecule has 2 rings (SSSR count). The van der Waals surface area contributed by atoms with Crippen molar-refractivity contribution in [2.45, 2.75) is 26.7 Å². The number of carbonyl (C=O) groups is 2. The van der Waals surface area contributed by atoms with E-state index in [9.17, 15) is 24.8 Å². The molecule has 2 aromatic rings. The number of aromatic hydroxyl groups is 1. The van der Waals surface area contributed by atoms with Crippen LogP contribution in [-0.2, 0) is 14.3 Å². The van der Waals surface area contributed by atoms with Crippen molar-refractivity contribution in [3.05, 3.63) is 46.5 Å². The minimum Gasteiger partial charge on any atom is -0.505 e. The predicted molar refractivity (Wildman–Crippen MR) is 119 cm³/mol. The fourth-order valence-electron chi connectivity index (χ4n) is 2.88. The minimum absolute atomic E-state index is 0.0409. The molecule has 0 fully saturated rings. The average Bonchev–Trinajstić information content (AvgIpc) is 2.75. The number of benzene rings is 2. The Hall–Kier alpha value is -4.02. The number of hydrogen-bond donors (Lipinski definition) is 2. The van der Waals surface area contributed by atoms with E-state index in [1.807, 2.05) is 11.8 Å². The number of ether oxygens (including phenoxy) is 1. The number of nitro benzene ring substituents is 1. The summed E-state index contributed by atoms with van der Waals surface area (Å²) in [6.45, 7) is 4.50. The van der Waals surface area contributed by atoms with Crippen molar-refractivity contribution >= 4 is 40.3 Å². The summed E-state index contributed by atoms with van der Waals surface area (Å²) in [5, 5.41) is 31.5. The zero-order chi connectivity index (χ0) is 23.7. The van der Waals surface area contributed by atoms with Crippen molar-refractivity contribution in [1.82, 2.24) is 0 Å². The van der Waals surface area contributed by atoms with Crippen molar-refractivity contribution in [2.75, 3.05) is 30.4 Å². The number of phenols is 1. The maximum atomic E-state index is 11.7. The summed E-state index contributed by atoms with van der Waals surface area (Å²) in [5.41, 5.74) is 1.26. The van der Waals surface area contributed by atoms with E-state index in [0.717, 1.165) is 18.2 Å². The number of phenolic OH excluding ortho intramolecular Hbond substituents is 1. The first kappa shape index (κ1) is 24.3. The van der Waals surface area contributed by atoms with Crippen LogP contribution >= 0.6 is 0 Å². The molecule has 0 atom stereocenters. The fourth-order valence-corrected chi connectivity index (χ4v) is 2.88. The van der Waals surface area contributed by atoms with Crippen molar-refractivity contribution in [3.63, 3.8) is 0 Å². The van der Waals surface area contributed by atoms with Crippen LogP contribution in [0, 0.1) is 10.1 Å². The SMILES string of the molecule is CCCN(CCC(=O)OC)c1ccc(N=Nc2ccc([N+](=O)[O-])cc2O)c(NC(C)=O)c1. The monoisotopic (exact) mass is 443 g/mol. The standard InChI is InChI=1S/C21H25N5O6/c1-4-10-25(11-9-21(29)32-3)15-5-7-17(19(12-15)22-14(2)27)23-24-18-8-6-16(26(30)31)13-20(18)28/h5-8,12-13,28H,4,9-11H2,1-3H3,(H,22,27). The number of nitrogens with zero attached hydrogens (tertiary/aromatic N) is 4. The van der Waals surface area contributed by atoms with Gasteiger partial charge in [-0.05, 0) is 30.7 Å². The maximum Gasteiger partial charge on any atom is 0.307 e. The highest BCUT2D eigenvalue weighted by Gasteiger charge is 2.13. The van der Waals surface area contributed by atoms with Gasteiger partial charge < -0.3 is 20.1 Å². The predicted octanol–water partition coefficient (Wildman–Crippen LogP) is 4.45. The van der Waals surface area contributed by atoms with Crippen LogP contribution in [0.5, 0.6) is 5.75 Å². The third-order valence-electron chi connectivity index (χ3n) is 4.40. The molecular formula is C21H25N5O6. The van der Waals surface area contributed by atoms with Crippen LogP contribution in [0.2, 0.25) is 0 Å². The molecule has 0 bridgehead atoms. The Morgan fingerprint density at radius 2 is 1.84 bits per heavy atom. The number of amides is 1. The number of nitro groups is 1. The second kappa shape index (κ2) is 11.4. The van der Waals surface area contributed by atoms with E-state index in [2.05, 4.69) is 15.5 Å². The average molecular weight is 443 g/mol. The Morgan fingerprint density at radius 3 is 2.44 bits per heavy atom. The number of methoxy groups -OCH3 is 1. The van der Waals surface area contributed by atoms with Crippen molar-refractivity contribution in [3.8, 4) is 5.75 Å². The van der Waals surface area contributed by atoms with Crippen LogP contribution in [0.1, 0.15) is 26.7 Å². The van der Waals surface area contributed by atoms with Crippen LogP contribution < -0.4 is 10.2 Å². The molecule has 0 heterocycles. The number of nitrogens with one attached hydrogen (secondary N) is 1. The zero-order valence-corrected chi connectivity index (χ0v) is 18.1. The van der Waals surface area contributed by atoms with Crippen LogP contribution in [0.4, 0.5) is 28.4 Å². The molecule has 1 amide bonds. The van der Waals surface area contributed by atoms with Gasteiger partial charge in [0.2, 0.25) is 5.91 Å². The highest BCUT2D eigenvalue weighted by molar-refractivity contribution is 5.93. The molecule has 0 saturated heterocycles. The van der Waals surface area contributed by atoms with Gasteiger partial charge in [0.05, 0.1) is 30.2 Å². The third-order valence-corrected chi connectivity index (χ3v) is 4.40. The highest BCUT2D eigenvalue weighted by atomic mass is 16.6. The van der Waals surface area contributed by atoms with Crippen LogP contribution in [0.25, 0.3) is 0 Å². The van der Waals surface area contributed by atoms with Gasteiger partial charge in [0.25, 0.3) is 5.69 Å². The van der Waals surface area contributed by atoms with Gasteiger partial charge in [-0.25, -0.2) is 0 Å². The lowest BCUT2D eigenvalue weighted by Gasteiger charge is -2.24. The first-order valence-electron chi connectivity index (χ1n) is 9.87. The Bertz CT molecular complexity index is 1020. The lowest BCUT2D eigenvalue weighted by Crippen LogP contribution is -2.27. The van der Waals surface area contributed by atoms with Crippen LogP contribution in [0.15, 0.2) is 46.6 Å². The summed E-state index contributed by atoms with van der Waals surface area (Å²) in [6.07, 6.45) is 1.06. The molecule has 2 aromatic carbocycles. The first-order chi connectivity index (χ1) is 15.2. The summed E-state index contributed by atoms with van der Waals surface area (Å²) in [5.74, 6) is -1.02. The van der Waals surface area contributed by atoms with Gasteiger partial charge in [-0.15, -0.1) is 10.2 Å². The molecule has 32 heavy (non-hydrogen) atoms. The molecular weight excluding hydrogens is 418 g/mol. The van der Waals surface area contributed by atoms with Crippen molar-refractivity contribution < 1.29 is 24.4 Å². The summed E-state index contributed by atoms with van der Waals surface area (Å²) >= 11 is 0. The third kappa shape index (κ3) is 6.76. The van der Waals surface area contributed by atoms with E-state index >= 15 is 0 Å². The molecule has 0 aliphatic heterocycles. The van der Waals surface area contributed by atoms with Crippen molar-refractivity contribution in [2.24, 2.45) is 10.2 Å². The number of non-ortho nitro benzene ring substituents is 1. The summed E-state index contributed by atoms with van der Waals surface area (Å²) in [7, 11) is 1.34. The van der Waals surface area contributed by atoms with E-state index in [1.54, 1.807) is 18.2 Å². The Morgan fingerprint density at radius 1 is 1.16 bits per heavy atom. The van der Waals surface area contributed by atoms with E-state index in [-0.39, 0.29) is 29.7 Å². The summed E-state index contributed by atoms with van der Waals surface area (Å²) in [4.78, 5) is 35.4. The molecule has 0 saturated carbocycles. The van der Waals surface area contributed by atoms with Gasteiger partial charge in [-0.3, -0.25) is 19.7 Å². The molecule has 11 heteroatoms. The Labute approximate surface area is 184 Å². The number of esters is 1. The Kier molecular flexibility index (Phi) is 8.63. The minimum atomic E-state index is -0.628. The quantitative estimate of drug-likeness (QED) is 0.238. The van der Waals surface area contributed by atoms with Crippen LogP contribution in [-0.4, -0.2) is 42.1 Å². The molecule has 2 N–H and O–H groups in total. The van der Waals surface area contributed by atoms with Crippen molar-refractivity contribution in [1.29, 1.82) is 0 Å². The molecule has 0 aliphatic carbocycles.